The van der Waals surface area contributed by atoms with Crippen LogP contribution in [0, 0.1) is 0 Å². The monoisotopic (exact) mass is 574 g/mol. The molecule has 0 rings (SSSR count). The lowest BCUT2D eigenvalue weighted by molar-refractivity contribution is -0.136. The Balaban J connectivity index is 4.00. The molecule has 0 aliphatic carbocycles. The van der Waals surface area contributed by atoms with Crippen molar-refractivity contribution in [3.8, 4) is 0 Å². The van der Waals surface area contributed by atoms with Gasteiger partial charge in [-0.2, -0.15) is 0 Å². The molecular formula is C40H62O2. The maximum absolute atomic E-state index is 11.9. The highest BCUT2D eigenvalue weighted by Crippen LogP contribution is 2.13. The number of rotatable bonds is 24. The lowest BCUT2D eigenvalue weighted by Crippen LogP contribution is -2.00. The van der Waals surface area contributed by atoms with E-state index in [2.05, 4.69) is 78.0 Å². The molecule has 2 nitrogen and oxygen atoms in total. The van der Waals surface area contributed by atoms with Crippen LogP contribution in [0.1, 0.15) is 131 Å². The highest BCUT2D eigenvalue weighted by molar-refractivity contribution is 5.82. The standard InChI is InChI=1S/C40H62O2/c1-7-8-9-10-11-12-13-14-15-16-17-18-19-20-21-22-23-33-40(41)42-35-34-39(6)32-26-31-38(5)30-25-29-37(4)28-24-27-36(2)3/h15-23,27,29,31,33-34H,7-14,24-26,28,30,32,35H2,1-6H3/b16-15?,18-17?,20-19?,22-21?,33-23?,37-29+,38-31+,39-34+. The summed E-state index contributed by atoms with van der Waals surface area (Å²) in [5.41, 5.74) is 5.57. The van der Waals surface area contributed by atoms with E-state index in [9.17, 15) is 4.79 Å². The van der Waals surface area contributed by atoms with Crippen LogP contribution in [0.3, 0.4) is 0 Å². The first-order valence-corrected chi connectivity index (χ1v) is 16.4. The van der Waals surface area contributed by atoms with Gasteiger partial charge in [0, 0.05) is 6.08 Å². The zero-order valence-electron chi connectivity index (χ0n) is 28.0. The lowest BCUT2D eigenvalue weighted by Gasteiger charge is -2.03. The summed E-state index contributed by atoms with van der Waals surface area (Å²) in [6.45, 7) is 13.4. The van der Waals surface area contributed by atoms with Gasteiger partial charge in [0.1, 0.15) is 6.61 Å². The third-order valence-corrected chi connectivity index (χ3v) is 6.93. The number of unbranched alkanes of at least 4 members (excludes halogenated alkanes) is 7. The topological polar surface area (TPSA) is 26.3 Å². The highest BCUT2D eigenvalue weighted by Gasteiger charge is 1.96. The van der Waals surface area contributed by atoms with Crippen molar-refractivity contribution in [3.63, 3.8) is 0 Å². The van der Waals surface area contributed by atoms with E-state index in [1.807, 2.05) is 36.5 Å². The Bertz CT molecular complexity index is 956. The van der Waals surface area contributed by atoms with Crippen LogP contribution >= 0.6 is 0 Å². The molecule has 234 valence electrons. The summed E-state index contributed by atoms with van der Waals surface area (Å²) in [4.78, 5) is 11.9. The SMILES string of the molecule is CCCCCCCCCC=CC=CC=CC=CC=CC(=O)OC/C=C(\C)CC/C=C(\C)CC/C=C(\C)CCC=C(C)C. The maximum Gasteiger partial charge on any atom is 0.331 e. The second kappa shape index (κ2) is 29.6. The van der Waals surface area contributed by atoms with Crippen LogP contribution in [0.15, 0.2) is 107 Å². The summed E-state index contributed by atoms with van der Waals surface area (Å²) < 4.78 is 5.29. The molecule has 0 radical (unpaired) electrons. The molecule has 0 aromatic heterocycles. The molecule has 0 atom stereocenters. The first-order valence-electron chi connectivity index (χ1n) is 16.4. The summed E-state index contributed by atoms with van der Waals surface area (Å²) >= 11 is 0. The Morgan fingerprint density at radius 2 is 1.00 bits per heavy atom. The molecular weight excluding hydrogens is 512 g/mol. The van der Waals surface area contributed by atoms with Gasteiger partial charge in [-0.3, -0.25) is 0 Å². The van der Waals surface area contributed by atoms with Crippen molar-refractivity contribution < 1.29 is 9.53 Å². The van der Waals surface area contributed by atoms with E-state index in [-0.39, 0.29) is 5.97 Å². The van der Waals surface area contributed by atoms with Crippen molar-refractivity contribution in [2.24, 2.45) is 0 Å². The van der Waals surface area contributed by atoms with Crippen LogP contribution in [-0.4, -0.2) is 12.6 Å². The molecule has 0 saturated carbocycles. The van der Waals surface area contributed by atoms with Gasteiger partial charge in [0.15, 0.2) is 0 Å². The molecule has 0 bridgehead atoms. The van der Waals surface area contributed by atoms with E-state index >= 15 is 0 Å². The molecule has 0 N–H and O–H groups in total. The maximum atomic E-state index is 11.9. The summed E-state index contributed by atoms with van der Waals surface area (Å²) in [5, 5.41) is 0. The van der Waals surface area contributed by atoms with Gasteiger partial charge < -0.3 is 4.74 Å². The molecule has 0 heterocycles. The van der Waals surface area contributed by atoms with Crippen LogP contribution in [0.25, 0.3) is 0 Å². The minimum atomic E-state index is -0.321. The van der Waals surface area contributed by atoms with Crippen molar-refractivity contribution in [2.45, 2.75) is 131 Å². The zero-order chi connectivity index (χ0) is 31.1. The van der Waals surface area contributed by atoms with E-state index < -0.39 is 0 Å². The molecule has 0 saturated heterocycles. The van der Waals surface area contributed by atoms with Gasteiger partial charge in [-0.1, -0.05) is 141 Å². The predicted octanol–water partition coefficient (Wildman–Crippen LogP) is 12.6. The average Bonchev–Trinajstić information content (AvgIpc) is 2.94. The number of allylic oxidation sites excluding steroid dienone is 16. The molecule has 0 fully saturated rings. The van der Waals surface area contributed by atoms with Crippen molar-refractivity contribution in [2.75, 3.05) is 6.61 Å². The Kier molecular flexibility index (Phi) is 27.6. The van der Waals surface area contributed by atoms with Crippen LogP contribution in [-0.2, 0) is 9.53 Å². The Morgan fingerprint density at radius 3 is 1.57 bits per heavy atom. The fourth-order valence-electron chi connectivity index (χ4n) is 4.21. The molecule has 0 amide bonds. The van der Waals surface area contributed by atoms with Gasteiger partial charge in [0.2, 0.25) is 0 Å². The van der Waals surface area contributed by atoms with Gasteiger partial charge in [-0.15, -0.1) is 0 Å². The van der Waals surface area contributed by atoms with Gasteiger partial charge in [-0.25, -0.2) is 4.79 Å². The van der Waals surface area contributed by atoms with E-state index in [1.54, 1.807) is 6.08 Å². The van der Waals surface area contributed by atoms with Crippen LogP contribution < -0.4 is 0 Å². The molecule has 0 unspecified atom stereocenters. The number of ether oxygens (including phenoxy) is 1. The minimum absolute atomic E-state index is 0.315. The van der Waals surface area contributed by atoms with E-state index in [1.165, 1.54) is 73.3 Å². The van der Waals surface area contributed by atoms with Crippen LogP contribution in [0.2, 0.25) is 0 Å². The number of carbonyl (C=O) groups is 1. The van der Waals surface area contributed by atoms with Crippen molar-refractivity contribution >= 4 is 5.97 Å². The highest BCUT2D eigenvalue weighted by atomic mass is 16.5. The van der Waals surface area contributed by atoms with Gasteiger partial charge in [0.25, 0.3) is 0 Å². The van der Waals surface area contributed by atoms with E-state index in [4.69, 9.17) is 4.74 Å². The fourth-order valence-corrected chi connectivity index (χ4v) is 4.21. The molecule has 0 aliphatic rings. The normalized spacial score (nSPS) is 13.5. The number of hydrogen-bond acceptors (Lipinski definition) is 2. The third kappa shape index (κ3) is 30.1. The predicted molar refractivity (Wildman–Crippen MR) is 188 cm³/mol. The van der Waals surface area contributed by atoms with Gasteiger partial charge >= 0.3 is 5.97 Å². The minimum Gasteiger partial charge on any atom is -0.458 e. The number of esters is 1. The Morgan fingerprint density at radius 1 is 0.524 bits per heavy atom. The van der Waals surface area contributed by atoms with E-state index in [0.717, 1.165) is 44.9 Å². The number of carbonyl (C=O) groups excluding carboxylic acids is 1. The van der Waals surface area contributed by atoms with Gasteiger partial charge in [-0.05, 0) is 92.1 Å². The fraction of sp³-hybridized carbons (Fsp3) is 0.525. The second-order valence-corrected chi connectivity index (χ2v) is 11.5. The molecule has 0 aromatic rings. The first kappa shape index (κ1) is 39.1. The van der Waals surface area contributed by atoms with Crippen molar-refractivity contribution in [3.05, 3.63) is 107 Å². The zero-order valence-corrected chi connectivity index (χ0v) is 28.0. The second-order valence-electron chi connectivity index (χ2n) is 11.5. The average molecular weight is 575 g/mol. The van der Waals surface area contributed by atoms with Gasteiger partial charge in [0.05, 0.1) is 0 Å². The summed E-state index contributed by atoms with van der Waals surface area (Å²) in [7, 11) is 0. The molecule has 2 heteroatoms. The van der Waals surface area contributed by atoms with Crippen molar-refractivity contribution in [1.82, 2.24) is 0 Å². The molecule has 0 aliphatic heterocycles. The first-order chi connectivity index (χ1) is 20.3. The Labute approximate surface area is 260 Å². The number of hydrogen-bond donors (Lipinski definition) is 0. The largest absolute Gasteiger partial charge is 0.458 e. The molecule has 0 spiro atoms. The summed E-state index contributed by atoms with van der Waals surface area (Å²) in [6.07, 6.45) is 45.5. The van der Waals surface area contributed by atoms with Crippen LogP contribution in [0.4, 0.5) is 0 Å². The quantitative estimate of drug-likeness (QED) is 0.0377. The lowest BCUT2D eigenvalue weighted by atomic mass is 10.0. The molecule has 42 heavy (non-hydrogen) atoms. The van der Waals surface area contributed by atoms with E-state index in [0.29, 0.717) is 6.61 Å². The summed E-state index contributed by atoms with van der Waals surface area (Å²) in [5.74, 6) is -0.321. The Hall–Kier alpha value is -2.87. The van der Waals surface area contributed by atoms with Crippen LogP contribution in [0.5, 0.6) is 0 Å². The summed E-state index contributed by atoms with van der Waals surface area (Å²) in [6, 6.07) is 0. The smallest absolute Gasteiger partial charge is 0.331 e. The molecule has 0 aromatic carbocycles. The van der Waals surface area contributed by atoms with Crippen molar-refractivity contribution in [1.29, 1.82) is 0 Å². The third-order valence-electron chi connectivity index (χ3n) is 6.93.